The topological polar surface area (TPSA) is 60.7 Å². The van der Waals surface area contributed by atoms with Gasteiger partial charge in [-0.25, -0.2) is 0 Å². The van der Waals surface area contributed by atoms with Gasteiger partial charge in [0.05, 0.1) is 12.2 Å². The van der Waals surface area contributed by atoms with Crippen molar-refractivity contribution in [1.29, 1.82) is 0 Å². The van der Waals surface area contributed by atoms with Crippen LogP contribution in [0.4, 0.5) is 0 Å². The number of fused-ring (bicyclic) bond motifs is 5. The molecule has 0 aromatic carbocycles. The number of hydrogen-bond donors (Lipinski definition) is 3. The molecule has 4 rings (SSSR count). The molecule has 0 heterocycles. The molecule has 0 bridgehead atoms. The van der Waals surface area contributed by atoms with Crippen LogP contribution < -0.4 is 0 Å². The average Bonchev–Trinajstić information content (AvgIpc) is 3.05. The lowest BCUT2D eigenvalue weighted by molar-refractivity contribution is -0.203. The number of hydrogen-bond acceptors (Lipinski definition) is 3. The highest BCUT2D eigenvalue weighted by atomic mass is 16.3. The maximum absolute atomic E-state index is 11.7. The molecule has 3 heteroatoms. The molecule has 0 saturated heterocycles. The van der Waals surface area contributed by atoms with Gasteiger partial charge < -0.3 is 15.3 Å². The average molecular weight is 407 g/mol. The van der Waals surface area contributed by atoms with Crippen LogP contribution in [0, 0.1) is 52.3 Å². The lowest BCUT2D eigenvalue weighted by Gasteiger charge is -2.64. The third-order valence-corrected chi connectivity index (χ3v) is 11.0. The Morgan fingerprint density at radius 1 is 0.931 bits per heavy atom. The van der Waals surface area contributed by atoms with Crippen molar-refractivity contribution >= 4 is 0 Å². The van der Waals surface area contributed by atoms with E-state index >= 15 is 0 Å². The lowest BCUT2D eigenvalue weighted by Crippen LogP contribution is -2.62. The molecule has 4 fully saturated rings. The van der Waals surface area contributed by atoms with Crippen LogP contribution in [-0.4, -0.2) is 34.1 Å². The summed E-state index contributed by atoms with van der Waals surface area (Å²) in [4.78, 5) is 0. The maximum atomic E-state index is 11.7. The van der Waals surface area contributed by atoms with Crippen LogP contribution in [0.1, 0.15) is 91.9 Å². The van der Waals surface area contributed by atoms with Crippen LogP contribution in [0.5, 0.6) is 0 Å². The molecule has 3 nitrogen and oxygen atoms in total. The standard InChI is InChI=1S/C26H46O3/c1-5-18-22-15-17(28)10-12-26(22,4)21-11-13-25(3)19(16(2)7-6-14-27)8-9-20(25)23(21)24(18)29/h16-24,27-29H,5-15H2,1-4H3/t16-,17-,18-,19-,20?,21?,22?,23?,24+,25-,26-/m1/s1. The Hall–Kier alpha value is -0.120. The van der Waals surface area contributed by atoms with Gasteiger partial charge in [0.25, 0.3) is 0 Å². The summed E-state index contributed by atoms with van der Waals surface area (Å²) < 4.78 is 0. The predicted molar refractivity (Wildman–Crippen MR) is 117 cm³/mol. The van der Waals surface area contributed by atoms with Crippen molar-refractivity contribution in [3.63, 3.8) is 0 Å². The lowest BCUT2D eigenvalue weighted by atomic mass is 9.41. The summed E-state index contributed by atoms with van der Waals surface area (Å²) in [5.41, 5.74) is 0.651. The number of aliphatic hydroxyl groups is 3. The van der Waals surface area contributed by atoms with Crippen molar-refractivity contribution < 1.29 is 15.3 Å². The van der Waals surface area contributed by atoms with Gasteiger partial charge in [0.2, 0.25) is 0 Å². The Morgan fingerprint density at radius 3 is 2.31 bits per heavy atom. The minimum absolute atomic E-state index is 0.164. The molecule has 4 aliphatic carbocycles. The summed E-state index contributed by atoms with van der Waals surface area (Å²) in [5, 5.41) is 31.4. The molecule has 4 saturated carbocycles. The molecule has 0 amide bonds. The second-order valence-electron chi connectivity index (χ2n) is 12.0. The maximum Gasteiger partial charge on any atom is 0.0605 e. The quantitative estimate of drug-likeness (QED) is 0.601. The van der Waals surface area contributed by atoms with Gasteiger partial charge in [-0.3, -0.25) is 0 Å². The largest absolute Gasteiger partial charge is 0.396 e. The van der Waals surface area contributed by atoms with Crippen molar-refractivity contribution in [2.24, 2.45) is 52.3 Å². The predicted octanol–water partition coefficient (Wildman–Crippen LogP) is 5.02. The number of aliphatic hydroxyl groups excluding tert-OH is 3. The molecular formula is C26H46O3. The van der Waals surface area contributed by atoms with Gasteiger partial charge in [-0.15, -0.1) is 0 Å². The van der Waals surface area contributed by atoms with Crippen molar-refractivity contribution in [2.45, 2.75) is 104 Å². The third kappa shape index (κ3) is 3.33. The van der Waals surface area contributed by atoms with E-state index in [1.807, 2.05) is 0 Å². The van der Waals surface area contributed by atoms with Crippen molar-refractivity contribution in [3.05, 3.63) is 0 Å². The highest BCUT2D eigenvalue weighted by Gasteiger charge is 2.64. The van der Waals surface area contributed by atoms with Gasteiger partial charge in [0, 0.05) is 6.61 Å². The molecule has 0 aromatic rings. The zero-order valence-corrected chi connectivity index (χ0v) is 19.3. The SMILES string of the molecule is CC[C@@H]1C2C[C@H](O)CC[C@]2(C)C2CC[C@@]3(C)C(CC[C@@H]3[C@H](C)CCCO)C2[C@H]1O. The zero-order chi connectivity index (χ0) is 21.0. The monoisotopic (exact) mass is 406 g/mol. The van der Waals surface area contributed by atoms with Gasteiger partial charge >= 0.3 is 0 Å². The smallest absolute Gasteiger partial charge is 0.0605 e. The van der Waals surface area contributed by atoms with E-state index in [9.17, 15) is 15.3 Å². The molecule has 4 aliphatic rings. The molecule has 0 aliphatic heterocycles. The van der Waals surface area contributed by atoms with Crippen LogP contribution in [-0.2, 0) is 0 Å². The van der Waals surface area contributed by atoms with Crippen LogP contribution in [0.25, 0.3) is 0 Å². The first-order valence-corrected chi connectivity index (χ1v) is 12.7. The number of rotatable bonds is 5. The summed E-state index contributed by atoms with van der Waals surface area (Å²) in [6.45, 7) is 10.0. The van der Waals surface area contributed by atoms with Crippen LogP contribution in [0.2, 0.25) is 0 Å². The molecule has 4 unspecified atom stereocenters. The van der Waals surface area contributed by atoms with E-state index in [0.717, 1.165) is 44.4 Å². The molecule has 0 aromatic heterocycles. The zero-order valence-electron chi connectivity index (χ0n) is 19.3. The molecule has 0 radical (unpaired) electrons. The summed E-state index contributed by atoms with van der Waals surface area (Å²) in [6.07, 6.45) is 10.9. The first kappa shape index (κ1) is 22.1. The highest BCUT2D eigenvalue weighted by Crippen LogP contribution is 2.69. The minimum atomic E-state index is -0.190. The molecule has 0 spiro atoms. The first-order valence-electron chi connectivity index (χ1n) is 12.7. The normalized spacial score (nSPS) is 53.1. The van der Waals surface area contributed by atoms with Crippen molar-refractivity contribution in [2.75, 3.05) is 6.61 Å². The second kappa shape index (κ2) is 8.10. The molecular weight excluding hydrogens is 360 g/mol. The molecule has 29 heavy (non-hydrogen) atoms. The molecule has 3 N–H and O–H groups in total. The van der Waals surface area contributed by atoms with Crippen LogP contribution in [0.15, 0.2) is 0 Å². The highest BCUT2D eigenvalue weighted by molar-refractivity contribution is 5.13. The molecule has 11 atom stereocenters. The second-order valence-corrected chi connectivity index (χ2v) is 12.0. The Labute approximate surface area is 178 Å². The van der Waals surface area contributed by atoms with E-state index in [2.05, 4.69) is 27.7 Å². The van der Waals surface area contributed by atoms with Gasteiger partial charge in [0.15, 0.2) is 0 Å². The van der Waals surface area contributed by atoms with Gasteiger partial charge in [-0.1, -0.05) is 34.1 Å². The third-order valence-electron chi connectivity index (χ3n) is 11.0. The van der Waals surface area contributed by atoms with Crippen molar-refractivity contribution in [3.8, 4) is 0 Å². The van der Waals surface area contributed by atoms with E-state index in [-0.39, 0.29) is 12.2 Å². The Kier molecular flexibility index (Phi) is 6.17. The van der Waals surface area contributed by atoms with Crippen molar-refractivity contribution in [1.82, 2.24) is 0 Å². The summed E-state index contributed by atoms with van der Waals surface area (Å²) >= 11 is 0. The van der Waals surface area contributed by atoms with Gasteiger partial charge in [0.1, 0.15) is 0 Å². The first-order chi connectivity index (χ1) is 13.8. The van der Waals surface area contributed by atoms with E-state index in [0.29, 0.717) is 52.9 Å². The fourth-order valence-electron chi connectivity index (χ4n) is 9.55. The Balaban J connectivity index is 1.63. The van der Waals surface area contributed by atoms with Gasteiger partial charge in [-0.05, 0) is 110 Å². The summed E-state index contributed by atoms with van der Waals surface area (Å²) in [7, 11) is 0. The minimum Gasteiger partial charge on any atom is -0.396 e. The summed E-state index contributed by atoms with van der Waals surface area (Å²) in [5.74, 6) is 3.97. The Bertz CT molecular complexity index is 578. The van der Waals surface area contributed by atoms with Crippen LogP contribution in [0.3, 0.4) is 0 Å². The van der Waals surface area contributed by atoms with E-state index < -0.39 is 0 Å². The van der Waals surface area contributed by atoms with E-state index in [1.54, 1.807) is 0 Å². The Morgan fingerprint density at radius 2 is 1.62 bits per heavy atom. The van der Waals surface area contributed by atoms with E-state index in [4.69, 9.17) is 0 Å². The van der Waals surface area contributed by atoms with Gasteiger partial charge in [-0.2, -0.15) is 0 Å². The fourth-order valence-corrected chi connectivity index (χ4v) is 9.55. The fraction of sp³-hybridized carbons (Fsp3) is 1.00. The van der Waals surface area contributed by atoms with Crippen LogP contribution >= 0.6 is 0 Å². The molecule has 168 valence electrons. The van der Waals surface area contributed by atoms with E-state index in [1.165, 1.54) is 25.7 Å². The summed E-state index contributed by atoms with van der Waals surface area (Å²) in [6, 6.07) is 0.